The first-order valence-corrected chi connectivity index (χ1v) is 9.16. The fraction of sp³-hybridized carbons (Fsp3) is 0.526. The number of benzene rings is 1. The van der Waals surface area contributed by atoms with Gasteiger partial charge < -0.3 is 15.6 Å². The van der Waals surface area contributed by atoms with Gasteiger partial charge in [0.15, 0.2) is 0 Å². The monoisotopic (exact) mass is 345 g/mol. The van der Waals surface area contributed by atoms with E-state index in [9.17, 15) is 9.59 Å². The Labute approximate surface area is 148 Å². The minimum Gasteiger partial charge on any atom is -0.358 e. The molecule has 0 saturated heterocycles. The molecule has 1 amide bonds. The minimum atomic E-state index is -0.252. The summed E-state index contributed by atoms with van der Waals surface area (Å²) in [5.41, 5.74) is 4.35. The first-order valence-electron chi connectivity index (χ1n) is 9.16. The van der Waals surface area contributed by atoms with Crippen molar-refractivity contribution in [3.05, 3.63) is 40.4 Å². The fourth-order valence-electron chi connectivity index (χ4n) is 3.00. The zero-order valence-corrected chi connectivity index (χ0v) is 15.3. The second-order valence-corrected chi connectivity index (χ2v) is 6.35. The zero-order chi connectivity index (χ0) is 18.2. The number of unbranched alkanes of at least 4 members (excludes halogenated alkanes) is 3. The smallest absolute Gasteiger partial charge is 0.258 e. The van der Waals surface area contributed by atoms with E-state index < -0.39 is 0 Å². The molecule has 6 nitrogen and oxygen atoms in total. The second-order valence-electron chi connectivity index (χ2n) is 6.35. The highest BCUT2D eigenvalue weighted by atomic mass is 16.2. The van der Waals surface area contributed by atoms with Crippen molar-refractivity contribution in [2.24, 2.45) is 0 Å². The van der Waals surface area contributed by atoms with E-state index in [1.54, 1.807) is 6.07 Å². The van der Waals surface area contributed by atoms with Crippen molar-refractivity contribution in [1.29, 1.82) is 0 Å². The Morgan fingerprint density at radius 2 is 1.96 bits per heavy atom. The number of carbonyl (C=O) groups is 1. The summed E-state index contributed by atoms with van der Waals surface area (Å²) in [6, 6.07) is 7.01. The van der Waals surface area contributed by atoms with E-state index in [4.69, 9.17) is 0 Å². The molecule has 1 aromatic carbocycles. The van der Waals surface area contributed by atoms with Crippen LogP contribution < -0.4 is 11.3 Å². The van der Waals surface area contributed by atoms with Crippen LogP contribution in [0.1, 0.15) is 57.8 Å². The third-order valence-electron chi connectivity index (χ3n) is 4.52. The largest absolute Gasteiger partial charge is 0.358 e. The van der Waals surface area contributed by atoms with Crippen molar-refractivity contribution in [2.45, 2.75) is 52.0 Å². The van der Waals surface area contributed by atoms with Crippen LogP contribution in [0.3, 0.4) is 0 Å². The Hall–Kier alpha value is -2.21. The van der Waals surface area contributed by atoms with Gasteiger partial charge in [-0.25, -0.2) is 4.98 Å². The number of H-pyrrole nitrogens is 1. The molecular formula is C19H29N4O2+. The normalized spacial score (nSPS) is 12.3. The summed E-state index contributed by atoms with van der Waals surface area (Å²) >= 11 is 0. The first-order chi connectivity index (χ1) is 12.1. The molecule has 136 valence electrons. The van der Waals surface area contributed by atoms with E-state index in [-0.39, 0.29) is 17.5 Å². The second kappa shape index (κ2) is 9.32. The molecule has 0 unspecified atom stereocenters. The average molecular weight is 345 g/mol. The summed E-state index contributed by atoms with van der Waals surface area (Å²) in [7, 11) is 0. The number of fused-ring (bicyclic) bond motifs is 1. The molecule has 0 radical (unpaired) electrons. The van der Waals surface area contributed by atoms with Crippen LogP contribution in [-0.2, 0) is 4.79 Å². The fourth-order valence-corrected chi connectivity index (χ4v) is 3.00. The maximum atomic E-state index is 12.4. The summed E-state index contributed by atoms with van der Waals surface area (Å²) < 4.78 is 0. The van der Waals surface area contributed by atoms with E-state index in [1.807, 2.05) is 36.9 Å². The van der Waals surface area contributed by atoms with Crippen molar-refractivity contribution in [3.8, 4) is 0 Å². The SMILES string of the molecule is CCC(=O)N(CCCCCC[NH3+])[C@H](C)c1nc2ccccc2c(=O)[nH]1. The molecule has 6 heteroatoms. The molecule has 0 bridgehead atoms. The van der Waals surface area contributed by atoms with Gasteiger partial charge in [0.1, 0.15) is 5.82 Å². The lowest BCUT2D eigenvalue weighted by molar-refractivity contribution is -0.368. The Morgan fingerprint density at radius 3 is 2.68 bits per heavy atom. The van der Waals surface area contributed by atoms with E-state index in [0.717, 1.165) is 32.2 Å². The molecule has 0 aliphatic carbocycles. The maximum Gasteiger partial charge on any atom is 0.258 e. The van der Waals surface area contributed by atoms with Crippen LogP contribution in [-0.4, -0.2) is 33.9 Å². The standard InChI is InChI=1S/C19H28N4O2/c1-3-17(24)23(13-9-5-4-8-12-20)14(2)18-21-16-11-7-6-10-15(16)19(25)22-18/h6-7,10-11,14H,3-5,8-9,12-13,20H2,1-2H3,(H,21,22,25)/p+1/t14-/m1/s1. The molecule has 0 spiro atoms. The number of carbonyl (C=O) groups excluding carboxylic acids is 1. The summed E-state index contributed by atoms with van der Waals surface area (Å²) in [5, 5.41) is 0.569. The Bertz CT molecular complexity index is 756. The number of nitrogens with zero attached hydrogens (tertiary/aromatic N) is 2. The number of aromatic amines is 1. The van der Waals surface area contributed by atoms with Gasteiger partial charge in [0.05, 0.1) is 23.5 Å². The number of quaternary nitrogens is 1. The lowest BCUT2D eigenvalue weighted by atomic mass is 10.1. The van der Waals surface area contributed by atoms with Gasteiger partial charge in [0.25, 0.3) is 5.56 Å². The molecular weight excluding hydrogens is 316 g/mol. The quantitative estimate of drug-likeness (QED) is 0.681. The molecule has 1 atom stereocenters. The Morgan fingerprint density at radius 1 is 1.24 bits per heavy atom. The molecule has 0 aliphatic rings. The van der Waals surface area contributed by atoms with Gasteiger partial charge in [0.2, 0.25) is 5.91 Å². The minimum absolute atomic E-state index is 0.0838. The summed E-state index contributed by atoms with van der Waals surface area (Å²) in [6.45, 7) is 5.43. The highest BCUT2D eigenvalue weighted by Crippen LogP contribution is 2.19. The van der Waals surface area contributed by atoms with Gasteiger partial charge in [-0.1, -0.05) is 25.5 Å². The number of hydrogen-bond acceptors (Lipinski definition) is 3. The number of rotatable bonds is 9. The van der Waals surface area contributed by atoms with Gasteiger partial charge in [-0.3, -0.25) is 9.59 Å². The van der Waals surface area contributed by atoms with Crippen molar-refractivity contribution >= 4 is 16.8 Å². The highest BCUT2D eigenvalue weighted by Gasteiger charge is 2.22. The van der Waals surface area contributed by atoms with Gasteiger partial charge in [-0.2, -0.15) is 0 Å². The van der Waals surface area contributed by atoms with Crippen LogP contribution in [0.15, 0.2) is 29.1 Å². The Balaban J connectivity index is 2.19. The molecule has 2 rings (SSSR count). The van der Waals surface area contributed by atoms with E-state index in [1.165, 1.54) is 0 Å². The average Bonchev–Trinajstić information content (AvgIpc) is 2.63. The number of nitrogens with one attached hydrogen (secondary N) is 1. The van der Waals surface area contributed by atoms with Crippen LogP contribution in [0.25, 0.3) is 10.9 Å². The molecule has 2 aromatic rings. The van der Waals surface area contributed by atoms with Gasteiger partial charge in [-0.05, 0) is 38.3 Å². The van der Waals surface area contributed by atoms with Crippen LogP contribution in [0.4, 0.5) is 0 Å². The van der Waals surface area contributed by atoms with Gasteiger partial charge >= 0.3 is 0 Å². The lowest BCUT2D eigenvalue weighted by Crippen LogP contribution is -2.50. The van der Waals surface area contributed by atoms with Crippen LogP contribution >= 0.6 is 0 Å². The third kappa shape index (κ3) is 4.89. The highest BCUT2D eigenvalue weighted by molar-refractivity contribution is 5.78. The molecule has 1 aromatic heterocycles. The molecule has 1 heterocycles. The third-order valence-corrected chi connectivity index (χ3v) is 4.52. The van der Waals surface area contributed by atoms with E-state index in [0.29, 0.717) is 29.7 Å². The number of amides is 1. The van der Waals surface area contributed by atoms with Crippen LogP contribution in [0, 0.1) is 0 Å². The molecule has 4 N–H and O–H groups in total. The summed E-state index contributed by atoms with van der Waals surface area (Å²) in [4.78, 5) is 33.9. The predicted octanol–water partition coefficient (Wildman–Crippen LogP) is 2.02. The van der Waals surface area contributed by atoms with Crippen molar-refractivity contribution < 1.29 is 10.5 Å². The maximum absolute atomic E-state index is 12.4. The molecule has 25 heavy (non-hydrogen) atoms. The number of para-hydroxylation sites is 1. The van der Waals surface area contributed by atoms with Crippen LogP contribution in [0.2, 0.25) is 0 Å². The van der Waals surface area contributed by atoms with Gasteiger partial charge in [0, 0.05) is 13.0 Å². The first kappa shape index (κ1) is 19.1. The predicted molar refractivity (Wildman–Crippen MR) is 99.0 cm³/mol. The molecule has 0 fully saturated rings. The van der Waals surface area contributed by atoms with Crippen molar-refractivity contribution in [1.82, 2.24) is 14.9 Å². The topological polar surface area (TPSA) is 93.7 Å². The number of hydrogen-bond donors (Lipinski definition) is 2. The number of aromatic nitrogens is 2. The van der Waals surface area contributed by atoms with E-state index in [2.05, 4.69) is 15.7 Å². The van der Waals surface area contributed by atoms with Crippen LogP contribution in [0.5, 0.6) is 0 Å². The van der Waals surface area contributed by atoms with Gasteiger partial charge in [-0.15, -0.1) is 0 Å². The Kier molecular flexibility index (Phi) is 7.13. The van der Waals surface area contributed by atoms with E-state index >= 15 is 0 Å². The molecule has 0 saturated carbocycles. The molecule has 0 aliphatic heterocycles. The summed E-state index contributed by atoms with van der Waals surface area (Å²) in [5.74, 6) is 0.628. The van der Waals surface area contributed by atoms with Crippen molar-refractivity contribution in [2.75, 3.05) is 13.1 Å². The van der Waals surface area contributed by atoms with Crippen molar-refractivity contribution in [3.63, 3.8) is 0 Å². The lowest BCUT2D eigenvalue weighted by Gasteiger charge is -2.28. The summed E-state index contributed by atoms with van der Waals surface area (Å²) in [6.07, 6.45) is 4.74. The zero-order valence-electron chi connectivity index (χ0n) is 15.3.